The van der Waals surface area contributed by atoms with Crippen molar-refractivity contribution in [1.82, 2.24) is 5.16 Å². The Bertz CT molecular complexity index is 195. The quantitative estimate of drug-likeness (QED) is 0.639. The molecule has 0 spiro atoms. The first-order valence-electron chi connectivity index (χ1n) is 3.39. The average molecular weight is 140 g/mol. The van der Waals surface area contributed by atoms with E-state index in [1.54, 1.807) is 0 Å². The molecule has 55 valence electrons. The highest BCUT2D eigenvalue weighted by Gasteiger charge is 2.04. The van der Waals surface area contributed by atoms with Crippen LogP contribution in [-0.2, 0) is 18.1 Å². The van der Waals surface area contributed by atoms with Crippen LogP contribution in [0.5, 0.6) is 0 Å². The minimum atomic E-state index is -0.223. The summed E-state index contributed by atoms with van der Waals surface area (Å²) in [6.07, 6.45) is 3.30. The number of aromatic nitrogens is 1. The Hall–Kier alpha value is -0.830. The van der Waals surface area contributed by atoms with Gasteiger partial charge in [0.1, 0.15) is 12.4 Å². The summed E-state index contributed by atoms with van der Waals surface area (Å²) in [6, 6.07) is 0. The van der Waals surface area contributed by atoms with Crippen molar-refractivity contribution in [2.24, 2.45) is 0 Å². The van der Waals surface area contributed by atoms with Crippen molar-refractivity contribution >= 4 is 0 Å². The third kappa shape index (κ3) is 1.36. The fourth-order valence-electron chi connectivity index (χ4n) is 0.835. The normalized spacial score (nSPS) is 10.2. The Balaban J connectivity index is 2.70. The van der Waals surface area contributed by atoms with Gasteiger partial charge in [0.25, 0.3) is 0 Å². The first-order chi connectivity index (χ1) is 4.88. The SMILES string of the molecule is CCCc1oncc1C[O]. The van der Waals surface area contributed by atoms with E-state index >= 15 is 0 Å². The van der Waals surface area contributed by atoms with Crippen molar-refractivity contribution < 1.29 is 9.63 Å². The molecule has 0 saturated carbocycles. The van der Waals surface area contributed by atoms with Crippen LogP contribution < -0.4 is 0 Å². The lowest BCUT2D eigenvalue weighted by Gasteiger charge is -1.91. The van der Waals surface area contributed by atoms with Gasteiger partial charge >= 0.3 is 0 Å². The molecule has 1 aromatic rings. The topological polar surface area (TPSA) is 45.9 Å². The molecule has 0 atom stereocenters. The van der Waals surface area contributed by atoms with Crippen LogP contribution in [0.4, 0.5) is 0 Å². The van der Waals surface area contributed by atoms with Crippen LogP contribution in [0.1, 0.15) is 24.7 Å². The predicted octanol–water partition coefficient (Wildman–Crippen LogP) is 1.56. The summed E-state index contributed by atoms with van der Waals surface area (Å²) >= 11 is 0. The predicted molar refractivity (Wildman–Crippen MR) is 34.9 cm³/mol. The smallest absolute Gasteiger partial charge is 0.142 e. The lowest BCUT2D eigenvalue weighted by Crippen LogP contribution is -1.86. The van der Waals surface area contributed by atoms with Gasteiger partial charge in [0.05, 0.1) is 6.20 Å². The van der Waals surface area contributed by atoms with Gasteiger partial charge in [0.15, 0.2) is 0 Å². The Labute approximate surface area is 59.7 Å². The lowest BCUT2D eigenvalue weighted by molar-refractivity contribution is 0.175. The standard InChI is InChI=1S/C7H10NO2/c1-2-3-7-6(5-9)4-8-10-7/h4H,2-3,5H2,1H3. The van der Waals surface area contributed by atoms with E-state index in [0.717, 1.165) is 18.6 Å². The third-order valence-corrected chi connectivity index (χ3v) is 1.36. The molecule has 0 unspecified atom stereocenters. The molecule has 0 N–H and O–H groups in total. The minimum absolute atomic E-state index is 0.223. The van der Waals surface area contributed by atoms with Crippen molar-refractivity contribution in [3.05, 3.63) is 17.5 Å². The molecular weight excluding hydrogens is 130 g/mol. The largest absolute Gasteiger partial charge is 0.361 e. The summed E-state index contributed by atoms with van der Waals surface area (Å²) in [5.74, 6) is 0.748. The fourth-order valence-corrected chi connectivity index (χ4v) is 0.835. The Morgan fingerprint density at radius 1 is 1.70 bits per heavy atom. The third-order valence-electron chi connectivity index (χ3n) is 1.36. The molecule has 1 radical (unpaired) electrons. The second-order valence-electron chi connectivity index (χ2n) is 2.17. The molecule has 3 nitrogen and oxygen atoms in total. The van der Waals surface area contributed by atoms with Crippen LogP contribution in [0.2, 0.25) is 0 Å². The molecule has 1 heterocycles. The van der Waals surface area contributed by atoms with E-state index in [0.29, 0.717) is 5.56 Å². The van der Waals surface area contributed by atoms with Gasteiger partial charge in [-0.1, -0.05) is 12.1 Å². The zero-order valence-corrected chi connectivity index (χ0v) is 5.96. The Morgan fingerprint density at radius 2 is 2.50 bits per heavy atom. The van der Waals surface area contributed by atoms with Gasteiger partial charge in [0.2, 0.25) is 0 Å². The fraction of sp³-hybridized carbons (Fsp3) is 0.571. The lowest BCUT2D eigenvalue weighted by atomic mass is 10.2. The second-order valence-corrected chi connectivity index (χ2v) is 2.17. The monoisotopic (exact) mass is 140 g/mol. The van der Waals surface area contributed by atoms with E-state index in [-0.39, 0.29) is 6.61 Å². The van der Waals surface area contributed by atoms with E-state index in [9.17, 15) is 5.11 Å². The molecule has 0 saturated heterocycles. The molecule has 0 aromatic carbocycles. The summed E-state index contributed by atoms with van der Waals surface area (Å²) in [5.41, 5.74) is 0.696. The molecular formula is C7H10NO2. The molecule has 0 amide bonds. The summed E-state index contributed by atoms with van der Waals surface area (Å²) < 4.78 is 4.85. The van der Waals surface area contributed by atoms with Crippen molar-refractivity contribution in [2.45, 2.75) is 26.4 Å². The number of aryl methyl sites for hydroxylation is 1. The number of hydrogen-bond acceptors (Lipinski definition) is 2. The van der Waals surface area contributed by atoms with Crippen LogP contribution >= 0.6 is 0 Å². The zero-order chi connectivity index (χ0) is 7.40. The summed E-state index contributed by atoms with van der Waals surface area (Å²) in [6.45, 7) is 1.82. The maximum Gasteiger partial charge on any atom is 0.142 e. The van der Waals surface area contributed by atoms with E-state index < -0.39 is 0 Å². The van der Waals surface area contributed by atoms with Crippen LogP contribution in [0.25, 0.3) is 0 Å². The van der Waals surface area contributed by atoms with E-state index in [2.05, 4.69) is 5.16 Å². The maximum absolute atomic E-state index is 10.4. The van der Waals surface area contributed by atoms with Gasteiger partial charge in [-0.3, -0.25) is 0 Å². The molecule has 3 heteroatoms. The number of hydrogen-bond donors (Lipinski definition) is 0. The average Bonchev–Trinajstić information content (AvgIpc) is 2.36. The zero-order valence-electron chi connectivity index (χ0n) is 5.96. The van der Waals surface area contributed by atoms with Gasteiger partial charge < -0.3 is 4.52 Å². The Kier molecular flexibility index (Phi) is 2.45. The van der Waals surface area contributed by atoms with Crippen molar-refractivity contribution in [3.8, 4) is 0 Å². The summed E-state index contributed by atoms with van der Waals surface area (Å²) in [4.78, 5) is 0. The highest BCUT2D eigenvalue weighted by molar-refractivity contribution is 5.11. The van der Waals surface area contributed by atoms with Gasteiger partial charge in [-0.05, 0) is 6.42 Å². The number of nitrogens with zero attached hydrogens (tertiary/aromatic N) is 1. The molecule has 0 aliphatic carbocycles. The second kappa shape index (κ2) is 3.37. The Morgan fingerprint density at radius 3 is 3.10 bits per heavy atom. The van der Waals surface area contributed by atoms with Gasteiger partial charge in [-0.2, -0.15) is 0 Å². The van der Waals surface area contributed by atoms with Crippen LogP contribution in [0, 0.1) is 0 Å². The first kappa shape index (κ1) is 7.28. The molecule has 0 fully saturated rings. The molecule has 1 rings (SSSR count). The minimum Gasteiger partial charge on any atom is -0.361 e. The van der Waals surface area contributed by atoms with Gasteiger partial charge in [-0.15, -0.1) is 0 Å². The van der Waals surface area contributed by atoms with Gasteiger partial charge in [-0.25, -0.2) is 5.11 Å². The van der Waals surface area contributed by atoms with E-state index in [4.69, 9.17) is 4.52 Å². The molecule has 10 heavy (non-hydrogen) atoms. The molecule has 0 bridgehead atoms. The van der Waals surface area contributed by atoms with E-state index in [1.165, 1.54) is 6.20 Å². The maximum atomic E-state index is 10.4. The van der Waals surface area contributed by atoms with Crippen LogP contribution in [-0.4, -0.2) is 5.16 Å². The molecule has 0 aliphatic rings. The molecule has 1 aromatic heterocycles. The highest BCUT2D eigenvalue weighted by atomic mass is 16.5. The summed E-state index contributed by atoms with van der Waals surface area (Å²) in [7, 11) is 0. The molecule has 0 aliphatic heterocycles. The van der Waals surface area contributed by atoms with Crippen LogP contribution in [0.3, 0.4) is 0 Å². The van der Waals surface area contributed by atoms with Crippen molar-refractivity contribution in [3.63, 3.8) is 0 Å². The first-order valence-corrected chi connectivity index (χ1v) is 3.39. The van der Waals surface area contributed by atoms with Crippen molar-refractivity contribution in [2.75, 3.05) is 0 Å². The van der Waals surface area contributed by atoms with Crippen LogP contribution in [0.15, 0.2) is 10.7 Å². The number of rotatable bonds is 3. The van der Waals surface area contributed by atoms with Crippen molar-refractivity contribution in [1.29, 1.82) is 0 Å². The summed E-state index contributed by atoms with van der Waals surface area (Å²) in [5, 5.41) is 13.9. The van der Waals surface area contributed by atoms with E-state index in [1.807, 2.05) is 6.92 Å². The highest BCUT2D eigenvalue weighted by Crippen LogP contribution is 2.09. The van der Waals surface area contributed by atoms with Gasteiger partial charge in [0, 0.05) is 12.0 Å².